The van der Waals surface area contributed by atoms with Crippen molar-refractivity contribution in [1.29, 1.82) is 0 Å². The van der Waals surface area contributed by atoms with Gasteiger partial charge in [0.1, 0.15) is 0 Å². The van der Waals surface area contributed by atoms with Crippen LogP contribution in [0, 0.1) is 5.92 Å². The topological polar surface area (TPSA) is 58.4 Å². The number of nitrogens with two attached hydrogens (primary N) is 1. The van der Waals surface area contributed by atoms with Crippen molar-refractivity contribution in [3.05, 3.63) is 0 Å². The third-order valence-electron chi connectivity index (χ3n) is 3.61. The number of piperidine rings is 1. The number of hydrogen-bond acceptors (Lipinski definition) is 3. The smallest absolute Gasteiger partial charge is 0.237 e. The normalized spacial score (nSPS) is 21.2. The summed E-state index contributed by atoms with van der Waals surface area (Å²) in [5.74, 6) is 0.171. The second-order valence-corrected chi connectivity index (χ2v) is 5.46. The predicted molar refractivity (Wildman–Crippen MR) is 70.7 cm³/mol. The molecule has 0 aromatic carbocycles. The molecule has 1 rings (SSSR count). The highest BCUT2D eigenvalue weighted by Crippen LogP contribution is 2.11. The van der Waals surface area contributed by atoms with Crippen LogP contribution in [0.2, 0.25) is 0 Å². The zero-order chi connectivity index (χ0) is 12.8. The Morgan fingerprint density at radius 1 is 1.24 bits per heavy atom. The van der Waals surface area contributed by atoms with Crippen LogP contribution in [-0.2, 0) is 4.79 Å². The fourth-order valence-corrected chi connectivity index (χ4v) is 2.16. The van der Waals surface area contributed by atoms with Crippen molar-refractivity contribution in [1.82, 2.24) is 10.2 Å². The lowest BCUT2D eigenvalue weighted by molar-refractivity contribution is -0.123. The standard InChI is InChI=1S/C13H27N3O/c1-10(2)12(14)13(17)15-9-11(3)16-7-5-4-6-8-16/h10-12H,4-9,14H2,1-3H3,(H,15,17)/t11?,12-/m1/s1. The molecule has 0 aliphatic carbocycles. The van der Waals surface area contributed by atoms with Crippen LogP contribution >= 0.6 is 0 Å². The van der Waals surface area contributed by atoms with Crippen molar-refractivity contribution in [3.63, 3.8) is 0 Å². The molecule has 3 N–H and O–H groups in total. The van der Waals surface area contributed by atoms with Crippen molar-refractivity contribution >= 4 is 5.91 Å². The maximum atomic E-state index is 11.7. The third kappa shape index (κ3) is 4.64. The van der Waals surface area contributed by atoms with Crippen LogP contribution in [-0.4, -0.2) is 42.5 Å². The molecule has 1 aliphatic heterocycles. The van der Waals surface area contributed by atoms with Gasteiger partial charge < -0.3 is 11.1 Å². The highest BCUT2D eigenvalue weighted by molar-refractivity contribution is 5.81. The molecule has 1 saturated heterocycles. The van der Waals surface area contributed by atoms with Gasteiger partial charge in [0, 0.05) is 12.6 Å². The molecule has 4 heteroatoms. The zero-order valence-corrected chi connectivity index (χ0v) is 11.4. The van der Waals surface area contributed by atoms with E-state index in [0.29, 0.717) is 12.6 Å². The Morgan fingerprint density at radius 3 is 2.35 bits per heavy atom. The van der Waals surface area contributed by atoms with Crippen LogP contribution in [0.1, 0.15) is 40.0 Å². The van der Waals surface area contributed by atoms with Crippen LogP contribution in [0.5, 0.6) is 0 Å². The van der Waals surface area contributed by atoms with E-state index in [9.17, 15) is 4.79 Å². The van der Waals surface area contributed by atoms with E-state index >= 15 is 0 Å². The van der Waals surface area contributed by atoms with Gasteiger partial charge >= 0.3 is 0 Å². The fraction of sp³-hybridized carbons (Fsp3) is 0.923. The lowest BCUT2D eigenvalue weighted by Crippen LogP contribution is -2.49. The Balaban J connectivity index is 2.27. The van der Waals surface area contributed by atoms with Gasteiger partial charge in [-0.25, -0.2) is 0 Å². The van der Waals surface area contributed by atoms with Gasteiger partial charge in [0.25, 0.3) is 0 Å². The molecule has 4 nitrogen and oxygen atoms in total. The summed E-state index contributed by atoms with van der Waals surface area (Å²) in [6, 6.07) is 0.0298. The summed E-state index contributed by atoms with van der Waals surface area (Å²) in [5, 5.41) is 2.96. The highest BCUT2D eigenvalue weighted by atomic mass is 16.2. The van der Waals surface area contributed by atoms with Gasteiger partial charge in [-0.15, -0.1) is 0 Å². The van der Waals surface area contributed by atoms with Crippen molar-refractivity contribution in [2.24, 2.45) is 11.7 Å². The number of amides is 1. The number of likely N-dealkylation sites (tertiary alicyclic amines) is 1. The Bertz CT molecular complexity index is 237. The Morgan fingerprint density at radius 2 is 1.82 bits per heavy atom. The first kappa shape index (κ1) is 14.5. The van der Waals surface area contributed by atoms with E-state index in [1.165, 1.54) is 19.3 Å². The first-order chi connectivity index (χ1) is 8.02. The van der Waals surface area contributed by atoms with Crippen LogP contribution in [0.25, 0.3) is 0 Å². The number of carbonyl (C=O) groups is 1. The molecule has 1 heterocycles. The Hall–Kier alpha value is -0.610. The molecule has 0 saturated carbocycles. The molecule has 1 fully saturated rings. The lowest BCUT2D eigenvalue weighted by Gasteiger charge is -2.32. The van der Waals surface area contributed by atoms with Gasteiger partial charge in [0.2, 0.25) is 5.91 Å². The minimum atomic E-state index is -0.386. The third-order valence-corrected chi connectivity index (χ3v) is 3.61. The molecule has 1 amide bonds. The summed E-state index contributed by atoms with van der Waals surface area (Å²) in [7, 11) is 0. The van der Waals surface area contributed by atoms with Gasteiger partial charge in [-0.1, -0.05) is 20.3 Å². The molecule has 17 heavy (non-hydrogen) atoms. The number of hydrogen-bond donors (Lipinski definition) is 2. The summed E-state index contributed by atoms with van der Waals surface area (Å²) in [4.78, 5) is 14.2. The van der Waals surface area contributed by atoms with Gasteiger partial charge in [0.05, 0.1) is 6.04 Å². The van der Waals surface area contributed by atoms with Gasteiger partial charge in [-0.2, -0.15) is 0 Å². The van der Waals surface area contributed by atoms with E-state index < -0.39 is 0 Å². The number of carbonyl (C=O) groups excluding carboxylic acids is 1. The van der Waals surface area contributed by atoms with Crippen LogP contribution in [0.4, 0.5) is 0 Å². The summed E-state index contributed by atoms with van der Waals surface area (Å²) < 4.78 is 0. The molecule has 2 atom stereocenters. The van der Waals surface area contributed by atoms with Crippen molar-refractivity contribution in [2.75, 3.05) is 19.6 Å². The molecular formula is C13H27N3O. The number of nitrogens with zero attached hydrogens (tertiary/aromatic N) is 1. The Labute approximate surface area is 105 Å². The number of rotatable bonds is 5. The van der Waals surface area contributed by atoms with Crippen molar-refractivity contribution in [3.8, 4) is 0 Å². The molecule has 0 aromatic heterocycles. The minimum Gasteiger partial charge on any atom is -0.353 e. The molecule has 0 spiro atoms. The Kier molecular flexibility index (Phi) is 5.92. The molecule has 0 radical (unpaired) electrons. The molecule has 100 valence electrons. The summed E-state index contributed by atoms with van der Waals surface area (Å²) >= 11 is 0. The van der Waals surface area contributed by atoms with Gasteiger partial charge in [-0.3, -0.25) is 9.69 Å². The lowest BCUT2D eigenvalue weighted by atomic mass is 10.0. The monoisotopic (exact) mass is 241 g/mol. The first-order valence-corrected chi connectivity index (χ1v) is 6.79. The predicted octanol–water partition coefficient (Wildman–Crippen LogP) is 0.960. The van der Waals surface area contributed by atoms with E-state index in [2.05, 4.69) is 17.1 Å². The molecular weight excluding hydrogens is 214 g/mol. The van der Waals surface area contributed by atoms with E-state index in [-0.39, 0.29) is 17.9 Å². The van der Waals surface area contributed by atoms with Crippen LogP contribution in [0.3, 0.4) is 0 Å². The van der Waals surface area contributed by atoms with Crippen molar-refractivity contribution in [2.45, 2.75) is 52.1 Å². The maximum absolute atomic E-state index is 11.7. The minimum absolute atomic E-state index is 0.0242. The van der Waals surface area contributed by atoms with Crippen LogP contribution in [0.15, 0.2) is 0 Å². The average molecular weight is 241 g/mol. The largest absolute Gasteiger partial charge is 0.353 e. The summed E-state index contributed by atoms with van der Waals surface area (Å²) in [5.41, 5.74) is 5.80. The molecule has 0 bridgehead atoms. The quantitative estimate of drug-likeness (QED) is 0.754. The van der Waals surface area contributed by atoms with Gasteiger partial charge in [0.15, 0.2) is 0 Å². The van der Waals surface area contributed by atoms with E-state index in [4.69, 9.17) is 5.73 Å². The van der Waals surface area contributed by atoms with Crippen molar-refractivity contribution < 1.29 is 4.79 Å². The SMILES string of the molecule is CC(C)[C@@H](N)C(=O)NCC(C)N1CCCCC1. The number of nitrogens with one attached hydrogen (secondary N) is 1. The molecule has 1 unspecified atom stereocenters. The first-order valence-electron chi connectivity index (χ1n) is 6.79. The summed E-state index contributed by atoms with van der Waals surface area (Å²) in [6.07, 6.45) is 3.90. The second-order valence-electron chi connectivity index (χ2n) is 5.46. The van der Waals surface area contributed by atoms with Gasteiger partial charge in [-0.05, 0) is 38.8 Å². The van der Waals surface area contributed by atoms with E-state index in [1.54, 1.807) is 0 Å². The zero-order valence-electron chi connectivity index (χ0n) is 11.4. The average Bonchev–Trinajstić information content (AvgIpc) is 2.35. The van der Waals surface area contributed by atoms with E-state index in [0.717, 1.165) is 13.1 Å². The van der Waals surface area contributed by atoms with E-state index in [1.807, 2.05) is 13.8 Å². The summed E-state index contributed by atoms with van der Waals surface area (Å²) in [6.45, 7) is 9.14. The second kappa shape index (κ2) is 6.97. The molecule has 1 aliphatic rings. The fourth-order valence-electron chi connectivity index (χ4n) is 2.16. The van der Waals surface area contributed by atoms with Crippen LogP contribution < -0.4 is 11.1 Å². The highest BCUT2D eigenvalue weighted by Gasteiger charge is 2.20. The maximum Gasteiger partial charge on any atom is 0.237 e. The molecule has 0 aromatic rings.